The van der Waals surface area contributed by atoms with Crippen LogP contribution in [0.3, 0.4) is 0 Å². The molecule has 3 heterocycles. The van der Waals surface area contributed by atoms with E-state index in [-0.39, 0.29) is 0 Å². The van der Waals surface area contributed by atoms with Gasteiger partial charge in [-0.3, -0.25) is 4.90 Å². The minimum Gasteiger partial charge on any atom is -0.375 e. The van der Waals surface area contributed by atoms with E-state index in [9.17, 15) is 0 Å². The molecule has 2 saturated heterocycles. The van der Waals surface area contributed by atoms with Crippen LogP contribution in [0, 0.1) is 18.8 Å². The van der Waals surface area contributed by atoms with Gasteiger partial charge in [0.05, 0.1) is 18.4 Å². The fourth-order valence-electron chi connectivity index (χ4n) is 3.73. The predicted molar refractivity (Wildman–Crippen MR) is 78.9 cm³/mol. The van der Waals surface area contributed by atoms with Crippen LogP contribution in [0.25, 0.3) is 0 Å². The molecule has 1 aromatic rings. The Morgan fingerprint density at radius 2 is 2.10 bits per heavy atom. The Morgan fingerprint density at radius 1 is 1.24 bits per heavy atom. The van der Waals surface area contributed by atoms with E-state index in [4.69, 9.17) is 9.26 Å². The van der Waals surface area contributed by atoms with Gasteiger partial charge < -0.3 is 14.2 Å². The molecular formula is C16H25N3O2. The van der Waals surface area contributed by atoms with Gasteiger partial charge in [0.1, 0.15) is 5.76 Å². The van der Waals surface area contributed by atoms with Crippen molar-refractivity contribution in [3.63, 3.8) is 0 Å². The maximum Gasteiger partial charge on any atom is 0.133 e. The Balaban J connectivity index is 1.35. The van der Waals surface area contributed by atoms with Gasteiger partial charge in [0.25, 0.3) is 0 Å². The van der Waals surface area contributed by atoms with Crippen LogP contribution >= 0.6 is 0 Å². The maximum atomic E-state index is 6.11. The molecule has 0 aromatic carbocycles. The Hall–Kier alpha value is -0.910. The molecule has 2 atom stereocenters. The normalized spacial score (nSPS) is 31.3. The first-order valence-electron chi connectivity index (χ1n) is 8.25. The number of nitrogens with zero attached hydrogens (tertiary/aromatic N) is 3. The van der Waals surface area contributed by atoms with Crippen molar-refractivity contribution in [3.05, 3.63) is 17.5 Å². The topological polar surface area (TPSA) is 41.7 Å². The molecule has 2 aliphatic heterocycles. The highest BCUT2D eigenvalue weighted by Crippen LogP contribution is 2.31. The highest BCUT2D eigenvalue weighted by Gasteiger charge is 2.37. The lowest BCUT2D eigenvalue weighted by Crippen LogP contribution is -2.34. The summed E-state index contributed by atoms with van der Waals surface area (Å²) >= 11 is 0. The molecular weight excluding hydrogens is 266 g/mol. The number of aryl methyl sites for hydroxylation is 1. The molecule has 5 heteroatoms. The third-order valence-electron chi connectivity index (χ3n) is 4.96. The molecule has 3 fully saturated rings. The van der Waals surface area contributed by atoms with Crippen molar-refractivity contribution >= 4 is 0 Å². The Kier molecular flexibility index (Phi) is 3.73. The van der Waals surface area contributed by atoms with Crippen molar-refractivity contribution < 1.29 is 9.26 Å². The lowest BCUT2D eigenvalue weighted by atomic mass is 10.1. The zero-order valence-corrected chi connectivity index (χ0v) is 12.8. The number of likely N-dealkylation sites (tertiary alicyclic amines) is 1. The molecule has 0 amide bonds. The fourth-order valence-corrected chi connectivity index (χ4v) is 3.73. The van der Waals surface area contributed by atoms with Crippen molar-refractivity contribution in [2.45, 2.75) is 32.4 Å². The van der Waals surface area contributed by atoms with Crippen LogP contribution in [0.5, 0.6) is 0 Å². The van der Waals surface area contributed by atoms with Crippen molar-refractivity contribution in [2.24, 2.45) is 11.8 Å². The van der Waals surface area contributed by atoms with E-state index < -0.39 is 0 Å². The molecule has 0 spiro atoms. The zero-order valence-electron chi connectivity index (χ0n) is 12.8. The van der Waals surface area contributed by atoms with Crippen molar-refractivity contribution in [3.8, 4) is 0 Å². The predicted octanol–water partition coefficient (Wildman–Crippen LogP) is 1.53. The van der Waals surface area contributed by atoms with Crippen LogP contribution in [0.4, 0.5) is 0 Å². The van der Waals surface area contributed by atoms with Crippen LogP contribution in [-0.4, -0.2) is 60.4 Å². The molecule has 0 N–H and O–H groups in total. The van der Waals surface area contributed by atoms with Crippen LogP contribution in [-0.2, 0) is 11.3 Å². The van der Waals surface area contributed by atoms with Crippen molar-refractivity contribution in [1.29, 1.82) is 0 Å². The van der Waals surface area contributed by atoms with Crippen LogP contribution in [0.1, 0.15) is 24.3 Å². The summed E-state index contributed by atoms with van der Waals surface area (Å²) in [6.07, 6.45) is 3.27. The number of rotatable bonds is 4. The summed E-state index contributed by atoms with van der Waals surface area (Å²) in [5, 5.41) is 4.11. The van der Waals surface area contributed by atoms with Gasteiger partial charge >= 0.3 is 0 Å². The second kappa shape index (κ2) is 5.71. The smallest absolute Gasteiger partial charge is 0.133 e. The molecule has 0 bridgehead atoms. The summed E-state index contributed by atoms with van der Waals surface area (Å²) in [6, 6.07) is 2.04. The first-order valence-corrected chi connectivity index (χ1v) is 8.25. The van der Waals surface area contributed by atoms with E-state index in [1.807, 2.05) is 13.0 Å². The van der Waals surface area contributed by atoms with E-state index in [0.29, 0.717) is 12.0 Å². The summed E-state index contributed by atoms with van der Waals surface area (Å²) in [6.45, 7) is 9.49. The molecule has 21 heavy (non-hydrogen) atoms. The monoisotopic (exact) mass is 291 g/mol. The number of hydrogen-bond acceptors (Lipinski definition) is 5. The molecule has 0 unspecified atom stereocenters. The first kappa shape index (κ1) is 13.7. The van der Waals surface area contributed by atoms with E-state index in [0.717, 1.165) is 50.2 Å². The number of fused-ring (bicyclic) bond motifs is 1. The molecule has 4 rings (SSSR count). The first-order chi connectivity index (χ1) is 10.3. The van der Waals surface area contributed by atoms with Gasteiger partial charge in [-0.25, -0.2) is 0 Å². The quantitative estimate of drug-likeness (QED) is 0.841. The molecule has 0 radical (unpaired) electrons. The number of aromatic nitrogens is 1. The highest BCUT2D eigenvalue weighted by molar-refractivity contribution is 5.04. The lowest BCUT2D eigenvalue weighted by Gasteiger charge is -2.23. The van der Waals surface area contributed by atoms with Crippen LogP contribution in [0.15, 0.2) is 10.6 Å². The minimum atomic E-state index is 0.405. The average molecular weight is 291 g/mol. The standard InChI is InChI=1S/C16H25N3O2/c1-12-6-15(17-21-12)10-19-9-14-8-18(7-13-2-3-13)4-5-20-16(14)11-19/h6,13-14,16H,2-5,7-11H2,1H3/t14-,16+/m1/s1. The largest absolute Gasteiger partial charge is 0.375 e. The van der Waals surface area contributed by atoms with E-state index in [1.165, 1.54) is 25.9 Å². The second-order valence-electron chi connectivity index (χ2n) is 7.00. The van der Waals surface area contributed by atoms with E-state index >= 15 is 0 Å². The Morgan fingerprint density at radius 3 is 2.86 bits per heavy atom. The molecule has 3 aliphatic rings. The zero-order chi connectivity index (χ0) is 14.2. The van der Waals surface area contributed by atoms with Gasteiger partial charge in [-0.15, -0.1) is 0 Å². The molecule has 1 aliphatic carbocycles. The van der Waals surface area contributed by atoms with Gasteiger partial charge in [-0.1, -0.05) is 5.16 Å². The third kappa shape index (κ3) is 3.30. The van der Waals surface area contributed by atoms with Gasteiger partial charge in [0.15, 0.2) is 0 Å². The van der Waals surface area contributed by atoms with Gasteiger partial charge in [-0.2, -0.15) is 0 Å². The maximum absolute atomic E-state index is 6.11. The lowest BCUT2D eigenvalue weighted by molar-refractivity contribution is 0.0509. The molecule has 1 aromatic heterocycles. The summed E-state index contributed by atoms with van der Waals surface area (Å²) < 4.78 is 11.3. The SMILES string of the molecule is Cc1cc(CN2C[C@H]3CN(CC4CC4)CCO[C@H]3C2)no1. The number of hydrogen-bond donors (Lipinski definition) is 0. The van der Waals surface area contributed by atoms with Gasteiger partial charge in [0, 0.05) is 51.3 Å². The van der Waals surface area contributed by atoms with Crippen molar-refractivity contribution in [1.82, 2.24) is 15.0 Å². The van der Waals surface area contributed by atoms with Crippen LogP contribution in [0.2, 0.25) is 0 Å². The minimum absolute atomic E-state index is 0.405. The second-order valence-corrected chi connectivity index (χ2v) is 7.00. The van der Waals surface area contributed by atoms with Gasteiger partial charge in [0.2, 0.25) is 0 Å². The average Bonchev–Trinajstić information content (AvgIpc) is 3.11. The third-order valence-corrected chi connectivity index (χ3v) is 4.96. The summed E-state index contributed by atoms with van der Waals surface area (Å²) in [5.74, 6) is 2.52. The Labute approximate surface area is 126 Å². The molecule has 1 saturated carbocycles. The van der Waals surface area contributed by atoms with Gasteiger partial charge in [-0.05, 0) is 25.7 Å². The summed E-state index contributed by atoms with van der Waals surface area (Å²) in [5.41, 5.74) is 1.04. The summed E-state index contributed by atoms with van der Waals surface area (Å²) in [4.78, 5) is 5.10. The van der Waals surface area contributed by atoms with Crippen LogP contribution < -0.4 is 0 Å². The number of ether oxygens (including phenoxy) is 1. The van der Waals surface area contributed by atoms with E-state index in [1.54, 1.807) is 0 Å². The Bertz CT molecular complexity index is 486. The van der Waals surface area contributed by atoms with E-state index in [2.05, 4.69) is 15.0 Å². The summed E-state index contributed by atoms with van der Waals surface area (Å²) in [7, 11) is 0. The fraction of sp³-hybridized carbons (Fsp3) is 0.812. The van der Waals surface area contributed by atoms with Crippen molar-refractivity contribution in [2.75, 3.05) is 39.3 Å². The highest BCUT2D eigenvalue weighted by atomic mass is 16.5. The molecule has 5 nitrogen and oxygen atoms in total. The molecule has 116 valence electrons.